The molecule has 0 aliphatic rings. The molecule has 190 valence electrons. The van der Waals surface area contributed by atoms with Crippen molar-refractivity contribution in [1.82, 2.24) is 19.4 Å². The first kappa shape index (κ1) is 27.6. The van der Waals surface area contributed by atoms with Gasteiger partial charge in [0.2, 0.25) is 0 Å². The summed E-state index contributed by atoms with van der Waals surface area (Å²) in [5.41, 5.74) is -0.287. The topological polar surface area (TPSA) is 124 Å². The lowest BCUT2D eigenvalue weighted by Gasteiger charge is -2.28. The van der Waals surface area contributed by atoms with Crippen LogP contribution in [0.15, 0.2) is 36.9 Å². The number of imide groups is 1. The number of allylic oxidation sites excluding steroid dienone is 1. The first-order valence-corrected chi connectivity index (χ1v) is 11.3. The molecule has 0 bridgehead atoms. The zero-order valence-electron chi connectivity index (χ0n) is 21.4. The summed E-state index contributed by atoms with van der Waals surface area (Å²) in [6, 6.07) is 3.72. The van der Waals surface area contributed by atoms with Crippen LogP contribution in [0.3, 0.4) is 0 Å². The first-order chi connectivity index (χ1) is 16.2. The number of aromatic nitrogens is 3. The Morgan fingerprint density at radius 2 is 1.66 bits per heavy atom. The second-order valence-corrected chi connectivity index (χ2v) is 10.0. The molecule has 10 heteroatoms. The number of hydrogen-bond donors (Lipinski definition) is 1. The number of pyridine rings is 1. The van der Waals surface area contributed by atoms with Crippen molar-refractivity contribution in [3.05, 3.63) is 48.2 Å². The van der Waals surface area contributed by atoms with Gasteiger partial charge in [-0.25, -0.2) is 29.3 Å². The average Bonchev–Trinajstić information content (AvgIpc) is 3.17. The monoisotopic (exact) mass is 486 g/mol. The van der Waals surface area contributed by atoms with Crippen molar-refractivity contribution < 1.29 is 29.0 Å². The lowest BCUT2D eigenvalue weighted by atomic mass is 10.1. The highest BCUT2D eigenvalue weighted by Gasteiger charge is 2.30. The van der Waals surface area contributed by atoms with Gasteiger partial charge in [-0.2, -0.15) is 0 Å². The highest BCUT2D eigenvalue weighted by molar-refractivity contribution is 6.14. The molecule has 0 radical (unpaired) electrons. The van der Waals surface area contributed by atoms with Crippen LogP contribution in [0.2, 0.25) is 0 Å². The second-order valence-electron chi connectivity index (χ2n) is 10.0. The third-order valence-corrected chi connectivity index (χ3v) is 4.42. The Kier molecular flexibility index (Phi) is 8.78. The van der Waals surface area contributed by atoms with Crippen LogP contribution in [0, 0.1) is 6.92 Å². The molecule has 0 saturated heterocycles. The molecule has 2 amide bonds. The van der Waals surface area contributed by atoms with Crippen LogP contribution in [0.4, 0.5) is 9.59 Å². The van der Waals surface area contributed by atoms with Gasteiger partial charge in [-0.3, -0.25) is 4.57 Å². The number of nitrogens with zero attached hydrogens (tertiary/aromatic N) is 4. The minimum atomic E-state index is -1.14. The summed E-state index contributed by atoms with van der Waals surface area (Å²) in [4.78, 5) is 46.4. The molecule has 10 nitrogen and oxygen atoms in total. The summed E-state index contributed by atoms with van der Waals surface area (Å²) in [7, 11) is 0. The van der Waals surface area contributed by atoms with Crippen molar-refractivity contribution in [2.75, 3.05) is 6.54 Å². The largest absolute Gasteiger partial charge is 0.478 e. The summed E-state index contributed by atoms with van der Waals surface area (Å²) in [6.45, 7) is 12.1. The maximum atomic E-state index is 12.6. The van der Waals surface area contributed by atoms with E-state index in [0.29, 0.717) is 12.2 Å². The van der Waals surface area contributed by atoms with Crippen molar-refractivity contribution in [2.45, 2.75) is 72.5 Å². The minimum absolute atomic E-state index is 0.00508. The molecule has 0 spiro atoms. The molecule has 2 heterocycles. The number of carboxylic acid groups (broad SMARTS) is 1. The van der Waals surface area contributed by atoms with Crippen molar-refractivity contribution >= 4 is 23.7 Å². The molecule has 0 aliphatic carbocycles. The zero-order valence-corrected chi connectivity index (χ0v) is 21.4. The van der Waals surface area contributed by atoms with E-state index in [2.05, 4.69) is 9.97 Å². The van der Waals surface area contributed by atoms with Gasteiger partial charge in [0.1, 0.15) is 23.3 Å². The van der Waals surface area contributed by atoms with E-state index in [4.69, 9.17) is 9.47 Å². The fourth-order valence-electron chi connectivity index (χ4n) is 2.94. The minimum Gasteiger partial charge on any atom is -0.478 e. The number of hydrogen-bond acceptors (Lipinski definition) is 7. The number of aryl methyl sites for hydroxylation is 1. The third kappa shape index (κ3) is 8.88. The Bertz CT molecular complexity index is 1060. The fraction of sp³-hybridized carbons (Fsp3) is 0.480. The van der Waals surface area contributed by atoms with Crippen LogP contribution in [0.25, 0.3) is 11.4 Å². The van der Waals surface area contributed by atoms with E-state index in [9.17, 15) is 19.5 Å². The highest BCUT2D eigenvalue weighted by atomic mass is 16.6. The zero-order chi connectivity index (χ0) is 26.4. The Labute approximate surface area is 205 Å². The van der Waals surface area contributed by atoms with Gasteiger partial charge < -0.3 is 14.6 Å². The van der Waals surface area contributed by atoms with Gasteiger partial charge in [-0.1, -0.05) is 6.08 Å². The maximum absolute atomic E-state index is 12.6. The van der Waals surface area contributed by atoms with Gasteiger partial charge in [0.05, 0.1) is 11.3 Å². The number of unbranched alkanes of at least 4 members (excludes halogenated alkanes) is 1. The molecule has 2 aromatic rings. The molecule has 0 atom stereocenters. The summed E-state index contributed by atoms with van der Waals surface area (Å²) >= 11 is 0. The number of carbonyl (C=O) groups is 3. The van der Waals surface area contributed by atoms with E-state index >= 15 is 0 Å². The van der Waals surface area contributed by atoms with Crippen molar-refractivity contribution in [1.29, 1.82) is 0 Å². The molecule has 0 fully saturated rings. The molecule has 0 unspecified atom stereocenters. The van der Waals surface area contributed by atoms with Gasteiger partial charge in [-0.05, 0) is 79.0 Å². The number of imidazole rings is 1. The molecule has 0 aromatic carbocycles. The van der Waals surface area contributed by atoms with Gasteiger partial charge in [0.15, 0.2) is 0 Å². The standard InChI is InChI=1S/C25H34N4O6/c1-17-11-12-26-20(14-17)28-15-19(27-16-28)18(21(30)31)10-8-9-13-29(22(32)34-24(2,3)4)23(33)35-25(5,6)7/h10-12,14-16H,8-9,13H2,1-7H3,(H,30,31). The SMILES string of the molecule is Cc1ccnc(-n2cnc(C(=CCCCN(C(=O)OC(C)(C)C)C(=O)OC(C)(C)C)C(=O)O)c2)c1. The molecule has 0 aliphatic heterocycles. The van der Waals surface area contributed by atoms with Crippen LogP contribution >= 0.6 is 0 Å². The van der Waals surface area contributed by atoms with Gasteiger partial charge in [0.25, 0.3) is 0 Å². The Balaban J connectivity index is 2.14. The molecule has 1 N–H and O–H groups in total. The number of carbonyl (C=O) groups excluding carboxylic acids is 2. The highest BCUT2D eigenvalue weighted by Crippen LogP contribution is 2.18. The van der Waals surface area contributed by atoms with Crippen molar-refractivity contribution in [3.8, 4) is 5.82 Å². The predicted octanol–water partition coefficient (Wildman–Crippen LogP) is 5.00. The van der Waals surface area contributed by atoms with Crippen LogP contribution in [0.1, 0.15) is 65.6 Å². The molecule has 2 aromatic heterocycles. The predicted molar refractivity (Wildman–Crippen MR) is 130 cm³/mol. The Morgan fingerprint density at radius 1 is 1.06 bits per heavy atom. The normalized spacial score (nSPS) is 12.3. The van der Waals surface area contributed by atoms with Crippen molar-refractivity contribution in [2.24, 2.45) is 0 Å². The summed E-state index contributed by atoms with van der Waals surface area (Å²) in [5.74, 6) is -0.512. The van der Waals surface area contributed by atoms with E-state index in [0.717, 1.165) is 10.5 Å². The molecular formula is C25H34N4O6. The summed E-state index contributed by atoms with van der Waals surface area (Å²) in [6.07, 6.45) is 5.21. The molecule has 35 heavy (non-hydrogen) atoms. The lowest BCUT2D eigenvalue weighted by Crippen LogP contribution is -2.44. The second kappa shape index (κ2) is 11.2. The molecule has 0 saturated carbocycles. The third-order valence-electron chi connectivity index (χ3n) is 4.42. The number of aliphatic carboxylic acids is 1. The van der Waals surface area contributed by atoms with E-state index in [-0.39, 0.29) is 24.2 Å². The average molecular weight is 487 g/mol. The van der Waals surface area contributed by atoms with Crippen LogP contribution in [-0.4, -0.2) is 60.4 Å². The summed E-state index contributed by atoms with van der Waals surface area (Å²) < 4.78 is 12.3. The van der Waals surface area contributed by atoms with E-state index in [1.165, 1.54) is 12.4 Å². The van der Waals surface area contributed by atoms with E-state index < -0.39 is 29.4 Å². The van der Waals surface area contributed by atoms with Crippen LogP contribution in [0.5, 0.6) is 0 Å². The van der Waals surface area contributed by atoms with Gasteiger partial charge >= 0.3 is 18.2 Å². The number of carboxylic acids is 1. The summed E-state index contributed by atoms with van der Waals surface area (Å²) in [5, 5.41) is 9.70. The van der Waals surface area contributed by atoms with Gasteiger partial charge in [-0.15, -0.1) is 0 Å². The first-order valence-electron chi connectivity index (χ1n) is 11.3. The number of rotatable bonds is 7. The number of amides is 2. The fourth-order valence-corrected chi connectivity index (χ4v) is 2.94. The van der Waals surface area contributed by atoms with E-state index in [1.807, 2.05) is 19.1 Å². The maximum Gasteiger partial charge on any atom is 0.419 e. The Morgan fingerprint density at radius 3 is 2.17 bits per heavy atom. The van der Waals surface area contributed by atoms with Crippen molar-refractivity contribution in [3.63, 3.8) is 0 Å². The lowest BCUT2D eigenvalue weighted by molar-refractivity contribution is -0.130. The van der Waals surface area contributed by atoms with E-state index in [1.54, 1.807) is 58.5 Å². The Hall–Kier alpha value is -3.69. The molecule has 2 rings (SSSR count). The van der Waals surface area contributed by atoms with Gasteiger partial charge in [0, 0.05) is 18.9 Å². The van der Waals surface area contributed by atoms with Crippen LogP contribution in [-0.2, 0) is 14.3 Å². The smallest absolute Gasteiger partial charge is 0.419 e. The van der Waals surface area contributed by atoms with Crippen LogP contribution < -0.4 is 0 Å². The molecular weight excluding hydrogens is 452 g/mol. The quantitative estimate of drug-likeness (QED) is 0.428. The number of ether oxygens (including phenoxy) is 2.